The van der Waals surface area contributed by atoms with Gasteiger partial charge in [-0.2, -0.15) is 0 Å². The standard InChI is InChI=1S/C14H16N2O2S/c1-3-18-12(17)9-16-10(2)15-14(19)13(16)11-7-5-4-6-8-11/h4-8,19H,3,9H2,1-2H3. The van der Waals surface area contributed by atoms with E-state index in [0.717, 1.165) is 17.1 Å². The normalized spacial score (nSPS) is 10.5. The van der Waals surface area contributed by atoms with Gasteiger partial charge >= 0.3 is 5.97 Å². The molecular weight excluding hydrogens is 260 g/mol. The number of rotatable bonds is 4. The minimum Gasteiger partial charge on any atom is -0.465 e. The van der Waals surface area contributed by atoms with E-state index in [9.17, 15) is 4.79 Å². The molecule has 0 radical (unpaired) electrons. The van der Waals surface area contributed by atoms with Gasteiger partial charge in [0.05, 0.1) is 12.3 Å². The molecule has 2 rings (SSSR count). The van der Waals surface area contributed by atoms with Crippen molar-refractivity contribution in [3.8, 4) is 11.3 Å². The first-order valence-corrected chi connectivity index (χ1v) is 6.55. The molecule has 0 bridgehead atoms. The third-order valence-electron chi connectivity index (χ3n) is 2.78. The molecule has 100 valence electrons. The first kappa shape index (κ1) is 13.7. The van der Waals surface area contributed by atoms with E-state index in [1.807, 2.05) is 41.8 Å². The highest BCUT2D eigenvalue weighted by Crippen LogP contribution is 2.27. The molecule has 0 saturated carbocycles. The van der Waals surface area contributed by atoms with Crippen LogP contribution in [0.15, 0.2) is 35.4 Å². The number of benzene rings is 1. The lowest BCUT2D eigenvalue weighted by Gasteiger charge is -2.10. The Labute approximate surface area is 117 Å². The second-order valence-corrected chi connectivity index (χ2v) is 4.51. The molecule has 0 aliphatic carbocycles. The van der Waals surface area contributed by atoms with Crippen molar-refractivity contribution in [2.24, 2.45) is 0 Å². The van der Waals surface area contributed by atoms with E-state index < -0.39 is 0 Å². The highest BCUT2D eigenvalue weighted by molar-refractivity contribution is 7.80. The Morgan fingerprint density at radius 2 is 2.05 bits per heavy atom. The van der Waals surface area contributed by atoms with Crippen molar-refractivity contribution < 1.29 is 9.53 Å². The van der Waals surface area contributed by atoms with Crippen LogP contribution < -0.4 is 0 Å². The van der Waals surface area contributed by atoms with Crippen molar-refractivity contribution in [1.82, 2.24) is 9.55 Å². The molecule has 1 aromatic carbocycles. The summed E-state index contributed by atoms with van der Waals surface area (Å²) in [6.07, 6.45) is 0. The zero-order chi connectivity index (χ0) is 13.8. The van der Waals surface area contributed by atoms with Crippen molar-refractivity contribution in [2.75, 3.05) is 6.61 Å². The van der Waals surface area contributed by atoms with Gasteiger partial charge in [-0.15, -0.1) is 12.6 Å². The lowest BCUT2D eigenvalue weighted by molar-refractivity contribution is -0.143. The Morgan fingerprint density at radius 1 is 1.37 bits per heavy atom. The van der Waals surface area contributed by atoms with Crippen LogP contribution in [-0.2, 0) is 16.1 Å². The van der Waals surface area contributed by atoms with Crippen LogP contribution in [0.1, 0.15) is 12.7 Å². The number of carbonyl (C=O) groups is 1. The van der Waals surface area contributed by atoms with Crippen LogP contribution in [-0.4, -0.2) is 22.1 Å². The Morgan fingerprint density at radius 3 is 2.68 bits per heavy atom. The van der Waals surface area contributed by atoms with Gasteiger partial charge in [0.15, 0.2) is 0 Å². The number of aryl methyl sites for hydroxylation is 1. The van der Waals surface area contributed by atoms with E-state index in [4.69, 9.17) is 4.74 Å². The summed E-state index contributed by atoms with van der Waals surface area (Å²) in [5.41, 5.74) is 1.83. The Bertz CT molecular complexity index is 579. The smallest absolute Gasteiger partial charge is 0.326 e. The molecule has 5 heteroatoms. The second kappa shape index (κ2) is 5.93. The van der Waals surface area contributed by atoms with E-state index in [1.54, 1.807) is 6.92 Å². The molecular formula is C14H16N2O2S. The topological polar surface area (TPSA) is 44.1 Å². The number of hydrogen-bond donors (Lipinski definition) is 1. The average molecular weight is 276 g/mol. The van der Waals surface area contributed by atoms with Crippen molar-refractivity contribution >= 4 is 18.6 Å². The molecule has 0 aliphatic rings. The summed E-state index contributed by atoms with van der Waals surface area (Å²) in [6.45, 7) is 4.17. The van der Waals surface area contributed by atoms with Gasteiger partial charge in [-0.1, -0.05) is 30.3 Å². The number of hydrogen-bond acceptors (Lipinski definition) is 4. The fourth-order valence-electron chi connectivity index (χ4n) is 1.96. The molecule has 0 amide bonds. The number of ether oxygens (including phenoxy) is 1. The first-order chi connectivity index (χ1) is 9.13. The third-order valence-corrected chi connectivity index (χ3v) is 3.09. The maximum Gasteiger partial charge on any atom is 0.326 e. The fourth-order valence-corrected chi connectivity index (χ4v) is 2.35. The van der Waals surface area contributed by atoms with Crippen molar-refractivity contribution in [2.45, 2.75) is 25.4 Å². The molecule has 0 unspecified atom stereocenters. The first-order valence-electron chi connectivity index (χ1n) is 6.10. The van der Waals surface area contributed by atoms with Crippen molar-refractivity contribution in [1.29, 1.82) is 0 Å². The average Bonchev–Trinajstić information content (AvgIpc) is 2.65. The summed E-state index contributed by atoms with van der Waals surface area (Å²) >= 11 is 4.39. The molecule has 2 aromatic rings. The molecule has 0 atom stereocenters. The van der Waals surface area contributed by atoms with E-state index in [0.29, 0.717) is 11.6 Å². The SMILES string of the molecule is CCOC(=O)Cn1c(C)nc(S)c1-c1ccccc1. The zero-order valence-corrected chi connectivity index (χ0v) is 11.9. The van der Waals surface area contributed by atoms with Gasteiger partial charge in [0.2, 0.25) is 0 Å². The molecule has 4 nitrogen and oxygen atoms in total. The number of esters is 1. The second-order valence-electron chi connectivity index (χ2n) is 4.09. The predicted octanol–water partition coefficient (Wildman–Crippen LogP) is 2.71. The number of imidazole rings is 1. The fraction of sp³-hybridized carbons (Fsp3) is 0.286. The predicted molar refractivity (Wildman–Crippen MR) is 76.3 cm³/mol. The van der Waals surface area contributed by atoms with Crippen molar-refractivity contribution in [3.63, 3.8) is 0 Å². The van der Waals surface area contributed by atoms with Crippen LogP contribution >= 0.6 is 12.6 Å². The van der Waals surface area contributed by atoms with E-state index in [2.05, 4.69) is 17.6 Å². The maximum absolute atomic E-state index is 11.7. The highest BCUT2D eigenvalue weighted by atomic mass is 32.1. The zero-order valence-electron chi connectivity index (χ0n) is 11.0. The van der Waals surface area contributed by atoms with Gasteiger partial charge in [-0.25, -0.2) is 4.98 Å². The summed E-state index contributed by atoms with van der Waals surface area (Å²) in [7, 11) is 0. The van der Waals surface area contributed by atoms with Gasteiger partial charge in [0.1, 0.15) is 17.4 Å². The van der Waals surface area contributed by atoms with Gasteiger partial charge < -0.3 is 9.30 Å². The molecule has 19 heavy (non-hydrogen) atoms. The molecule has 1 aromatic heterocycles. The lowest BCUT2D eigenvalue weighted by atomic mass is 10.2. The van der Waals surface area contributed by atoms with E-state index in [1.165, 1.54) is 0 Å². The Kier molecular flexibility index (Phi) is 4.27. The summed E-state index contributed by atoms with van der Waals surface area (Å²) in [4.78, 5) is 16.0. The van der Waals surface area contributed by atoms with Gasteiger partial charge in [-0.3, -0.25) is 4.79 Å². The minimum atomic E-state index is -0.270. The number of carbonyl (C=O) groups excluding carboxylic acids is 1. The largest absolute Gasteiger partial charge is 0.465 e. The number of aromatic nitrogens is 2. The summed E-state index contributed by atoms with van der Waals surface area (Å²) in [6, 6.07) is 9.77. The molecule has 0 spiro atoms. The van der Waals surface area contributed by atoms with E-state index in [-0.39, 0.29) is 12.5 Å². The van der Waals surface area contributed by atoms with Crippen molar-refractivity contribution in [3.05, 3.63) is 36.2 Å². The molecule has 0 saturated heterocycles. The van der Waals surface area contributed by atoms with Crippen LogP contribution in [0.2, 0.25) is 0 Å². The van der Waals surface area contributed by atoms with Gasteiger partial charge in [0.25, 0.3) is 0 Å². The number of thiol groups is 1. The molecule has 0 aliphatic heterocycles. The van der Waals surface area contributed by atoms with E-state index >= 15 is 0 Å². The quantitative estimate of drug-likeness (QED) is 0.690. The Balaban J connectivity index is 2.41. The lowest BCUT2D eigenvalue weighted by Crippen LogP contribution is -2.15. The monoisotopic (exact) mass is 276 g/mol. The summed E-state index contributed by atoms with van der Waals surface area (Å²) in [5.74, 6) is 0.477. The van der Waals surface area contributed by atoms with Crippen LogP contribution in [0.5, 0.6) is 0 Å². The molecule has 0 fully saturated rings. The summed E-state index contributed by atoms with van der Waals surface area (Å²) in [5, 5.41) is 0.619. The van der Waals surface area contributed by atoms with Crippen LogP contribution in [0.4, 0.5) is 0 Å². The number of nitrogens with zero attached hydrogens (tertiary/aromatic N) is 2. The Hall–Kier alpha value is -1.75. The maximum atomic E-state index is 11.7. The van der Waals surface area contributed by atoms with Crippen LogP contribution in [0, 0.1) is 6.92 Å². The minimum absolute atomic E-state index is 0.150. The molecule has 0 N–H and O–H groups in total. The third kappa shape index (κ3) is 2.98. The highest BCUT2D eigenvalue weighted by Gasteiger charge is 2.16. The van der Waals surface area contributed by atoms with Gasteiger partial charge in [0, 0.05) is 5.56 Å². The molecule has 1 heterocycles. The summed E-state index contributed by atoms with van der Waals surface area (Å²) < 4.78 is 6.82. The van der Waals surface area contributed by atoms with Crippen LogP contribution in [0.3, 0.4) is 0 Å². The van der Waals surface area contributed by atoms with Gasteiger partial charge in [-0.05, 0) is 13.8 Å². The van der Waals surface area contributed by atoms with Crippen LogP contribution in [0.25, 0.3) is 11.3 Å².